The Labute approximate surface area is 201 Å². The van der Waals surface area contributed by atoms with Crippen molar-refractivity contribution in [1.82, 2.24) is 4.98 Å². The topological polar surface area (TPSA) is 160 Å². The summed E-state index contributed by atoms with van der Waals surface area (Å²) in [6, 6.07) is 22.5. The maximum atomic E-state index is 12.8. The molecular formula is C24H21N5O4S2. The molecule has 4 aromatic carbocycles. The number of nitrogen functional groups attached to an aromatic ring is 2. The minimum Gasteiger partial charge on any atom is -0.398 e. The van der Waals surface area contributed by atoms with Gasteiger partial charge >= 0.3 is 0 Å². The third-order valence-corrected chi connectivity index (χ3v) is 8.43. The highest BCUT2D eigenvalue weighted by Gasteiger charge is 2.19. The average Bonchev–Trinajstić information content (AvgIpc) is 3.16. The van der Waals surface area contributed by atoms with E-state index in [-0.39, 0.29) is 21.2 Å². The zero-order valence-corrected chi connectivity index (χ0v) is 19.8. The Morgan fingerprint density at radius 3 is 1.37 bits per heavy atom. The Kier molecular flexibility index (Phi) is 5.30. The number of hydrogen-bond donors (Lipinski definition) is 5. The molecule has 0 unspecified atom stereocenters. The number of benzene rings is 4. The number of aromatic amines is 1. The number of nitrogens with two attached hydrogens (primary N) is 2. The summed E-state index contributed by atoms with van der Waals surface area (Å²) >= 11 is 0. The number of para-hydroxylation sites is 2. The molecule has 178 valence electrons. The molecule has 1 heterocycles. The highest BCUT2D eigenvalue weighted by atomic mass is 32.2. The smallest absolute Gasteiger partial charge is 0.263 e. The predicted molar refractivity (Wildman–Crippen MR) is 139 cm³/mol. The van der Waals surface area contributed by atoms with E-state index in [1.807, 2.05) is 0 Å². The van der Waals surface area contributed by atoms with E-state index in [0.717, 1.165) is 11.0 Å². The van der Waals surface area contributed by atoms with E-state index in [2.05, 4.69) is 14.4 Å². The fourth-order valence-corrected chi connectivity index (χ4v) is 6.26. The molecule has 11 heteroatoms. The van der Waals surface area contributed by atoms with Gasteiger partial charge in [0.1, 0.15) is 9.79 Å². The summed E-state index contributed by atoms with van der Waals surface area (Å²) in [4.78, 5) is 3.21. The van der Waals surface area contributed by atoms with Gasteiger partial charge in [-0.15, -0.1) is 0 Å². The van der Waals surface area contributed by atoms with Gasteiger partial charge in [-0.25, -0.2) is 16.8 Å². The molecule has 7 N–H and O–H groups in total. The van der Waals surface area contributed by atoms with Crippen LogP contribution in [0, 0.1) is 0 Å². The van der Waals surface area contributed by atoms with Crippen LogP contribution in [0.4, 0.5) is 22.7 Å². The average molecular weight is 508 g/mol. The Morgan fingerprint density at radius 1 is 0.571 bits per heavy atom. The van der Waals surface area contributed by atoms with Crippen LogP contribution in [0.3, 0.4) is 0 Å². The molecule has 0 spiro atoms. The van der Waals surface area contributed by atoms with E-state index in [1.165, 1.54) is 24.3 Å². The second kappa shape index (κ2) is 8.22. The molecule has 35 heavy (non-hydrogen) atoms. The minimum atomic E-state index is -3.90. The molecule has 0 atom stereocenters. The van der Waals surface area contributed by atoms with Gasteiger partial charge in [-0.2, -0.15) is 0 Å². The molecule has 5 aromatic rings. The standard InChI is InChI=1S/C24H21N5O4S2/c25-19-5-1-3-7-23(19)34(30,31)28-15-9-11-21-17(13-15)18-14-16(10-12-22(18)27-21)29-35(32,33)24-8-4-2-6-20(24)26/h1-14,27-29H,25-26H2. The second-order valence-electron chi connectivity index (χ2n) is 7.93. The second-order valence-corrected chi connectivity index (χ2v) is 11.2. The zero-order valence-electron chi connectivity index (χ0n) is 18.2. The van der Waals surface area contributed by atoms with Crippen molar-refractivity contribution in [3.8, 4) is 0 Å². The summed E-state index contributed by atoms with van der Waals surface area (Å²) in [5.74, 6) is 0. The summed E-state index contributed by atoms with van der Waals surface area (Å²) in [6.45, 7) is 0. The molecule has 0 fully saturated rings. The van der Waals surface area contributed by atoms with E-state index in [0.29, 0.717) is 22.1 Å². The van der Waals surface area contributed by atoms with Crippen molar-refractivity contribution >= 4 is 64.6 Å². The SMILES string of the molecule is Nc1ccccc1S(=O)(=O)Nc1ccc2[nH]c3ccc(NS(=O)(=O)c4ccccc4N)cc3c2c1. The first-order valence-electron chi connectivity index (χ1n) is 10.4. The van der Waals surface area contributed by atoms with Crippen molar-refractivity contribution in [1.29, 1.82) is 0 Å². The first-order valence-corrected chi connectivity index (χ1v) is 13.4. The molecule has 0 aliphatic rings. The van der Waals surface area contributed by atoms with Gasteiger partial charge in [-0.05, 0) is 60.7 Å². The van der Waals surface area contributed by atoms with Crippen LogP contribution >= 0.6 is 0 Å². The van der Waals surface area contributed by atoms with Gasteiger partial charge in [0.2, 0.25) is 0 Å². The monoisotopic (exact) mass is 507 g/mol. The summed E-state index contributed by atoms with van der Waals surface area (Å²) in [6.07, 6.45) is 0. The van der Waals surface area contributed by atoms with Crippen LogP contribution in [0.15, 0.2) is 94.7 Å². The van der Waals surface area contributed by atoms with Crippen LogP contribution in [0.25, 0.3) is 21.8 Å². The van der Waals surface area contributed by atoms with Gasteiger partial charge < -0.3 is 16.5 Å². The van der Waals surface area contributed by atoms with Gasteiger partial charge in [-0.1, -0.05) is 24.3 Å². The lowest BCUT2D eigenvalue weighted by Crippen LogP contribution is -2.14. The number of nitrogens with one attached hydrogen (secondary N) is 3. The lowest BCUT2D eigenvalue weighted by atomic mass is 10.1. The van der Waals surface area contributed by atoms with Crippen molar-refractivity contribution in [2.24, 2.45) is 0 Å². The number of hydrogen-bond acceptors (Lipinski definition) is 6. The summed E-state index contributed by atoms with van der Waals surface area (Å²) in [5, 5.41) is 1.42. The fraction of sp³-hybridized carbons (Fsp3) is 0. The zero-order chi connectivity index (χ0) is 24.8. The Morgan fingerprint density at radius 2 is 0.971 bits per heavy atom. The van der Waals surface area contributed by atoms with E-state index in [9.17, 15) is 16.8 Å². The molecule has 0 saturated carbocycles. The van der Waals surface area contributed by atoms with Crippen LogP contribution < -0.4 is 20.9 Å². The van der Waals surface area contributed by atoms with E-state index in [4.69, 9.17) is 11.5 Å². The number of fused-ring (bicyclic) bond motifs is 3. The quantitative estimate of drug-likeness (QED) is 0.218. The van der Waals surface area contributed by atoms with Crippen LogP contribution in [0.2, 0.25) is 0 Å². The molecule has 9 nitrogen and oxygen atoms in total. The molecule has 0 amide bonds. The molecular weight excluding hydrogens is 486 g/mol. The predicted octanol–water partition coefficient (Wildman–Crippen LogP) is 4.09. The third-order valence-electron chi connectivity index (χ3n) is 5.52. The lowest BCUT2D eigenvalue weighted by molar-refractivity contribution is 0.600. The first-order chi connectivity index (χ1) is 16.6. The summed E-state index contributed by atoms with van der Waals surface area (Å²) in [5.41, 5.74) is 14.2. The van der Waals surface area contributed by atoms with E-state index < -0.39 is 20.0 Å². The maximum Gasteiger partial charge on any atom is 0.263 e. The van der Waals surface area contributed by atoms with Crippen LogP contribution in [-0.2, 0) is 20.0 Å². The van der Waals surface area contributed by atoms with Gasteiger partial charge in [0.15, 0.2) is 0 Å². The van der Waals surface area contributed by atoms with Gasteiger partial charge in [0.25, 0.3) is 20.0 Å². The lowest BCUT2D eigenvalue weighted by Gasteiger charge is -2.11. The molecule has 0 aliphatic heterocycles. The minimum absolute atomic E-state index is 0.0177. The fourth-order valence-electron chi connectivity index (χ4n) is 3.90. The van der Waals surface area contributed by atoms with Crippen LogP contribution in [0.1, 0.15) is 0 Å². The van der Waals surface area contributed by atoms with Gasteiger partial charge in [-0.3, -0.25) is 9.44 Å². The number of anilines is 4. The number of H-pyrrole nitrogens is 1. The Bertz CT molecular complexity index is 1680. The van der Waals surface area contributed by atoms with Crippen molar-refractivity contribution in [3.05, 3.63) is 84.9 Å². The van der Waals surface area contributed by atoms with Crippen molar-refractivity contribution in [2.75, 3.05) is 20.9 Å². The number of rotatable bonds is 6. The Balaban J connectivity index is 1.52. The third kappa shape index (κ3) is 4.22. The molecule has 0 bridgehead atoms. The molecule has 0 saturated heterocycles. The maximum absolute atomic E-state index is 12.8. The van der Waals surface area contributed by atoms with E-state index in [1.54, 1.807) is 60.7 Å². The molecule has 5 rings (SSSR count). The number of sulfonamides is 2. The first kappa shape index (κ1) is 22.6. The molecule has 0 aliphatic carbocycles. The highest BCUT2D eigenvalue weighted by Crippen LogP contribution is 2.32. The van der Waals surface area contributed by atoms with Crippen molar-refractivity contribution < 1.29 is 16.8 Å². The van der Waals surface area contributed by atoms with Crippen LogP contribution in [-0.4, -0.2) is 21.8 Å². The van der Waals surface area contributed by atoms with Gasteiger partial charge in [0.05, 0.1) is 11.4 Å². The van der Waals surface area contributed by atoms with E-state index >= 15 is 0 Å². The number of aromatic nitrogens is 1. The summed E-state index contributed by atoms with van der Waals surface area (Å²) < 4.78 is 56.5. The van der Waals surface area contributed by atoms with Crippen molar-refractivity contribution in [3.63, 3.8) is 0 Å². The van der Waals surface area contributed by atoms with Crippen LogP contribution in [0.5, 0.6) is 0 Å². The van der Waals surface area contributed by atoms with Crippen molar-refractivity contribution in [2.45, 2.75) is 9.79 Å². The highest BCUT2D eigenvalue weighted by molar-refractivity contribution is 7.93. The van der Waals surface area contributed by atoms with Gasteiger partial charge in [0, 0.05) is 33.2 Å². The molecule has 1 aromatic heterocycles. The summed E-state index contributed by atoms with van der Waals surface area (Å²) in [7, 11) is -7.81. The Hall–Kier alpha value is -4.22. The largest absolute Gasteiger partial charge is 0.398 e. The molecule has 0 radical (unpaired) electrons. The normalized spacial score (nSPS) is 12.1.